The molecular weight excluding hydrogens is 572 g/mol. The van der Waals surface area contributed by atoms with Crippen molar-refractivity contribution in [2.24, 2.45) is 0 Å². The Hall–Kier alpha value is -5.01. The molecule has 14 heteroatoms. The lowest BCUT2D eigenvalue weighted by Gasteiger charge is -2.29. The van der Waals surface area contributed by atoms with E-state index in [0.717, 1.165) is 12.0 Å². The van der Waals surface area contributed by atoms with Crippen LogP contribution in [0.2, 0.25) is 0 Å². The van der Waals surface area contributed by atoms with Crippen LogP contribution in [-0.2, 0) is 27.2 Å². The maximum Gasteiger partial charge on any atom is 0.513 e. The van der Waals surface area contributed by atoms with Gasteiger partial charge in [0.1, 0.15) is 35.6 Å². The number of carbonyl (C=O) groups excluding carboxylic acids is 3. The molecule has 3 rings (SSSR count). The Morgan fingerprint density at radius 2 is 1.70 bits per heavy atom. The van der Waals surface area contributed by atoms with Crippen LogP contribution in [-0.4, -0.2) is 55.6 Å². The largest absolute Gasteiger partial charge is 0.513 e. The molecule has 0 aliphatic rings. The molecule has 0 fully saturated rings. The van der Waals surface area contributed by atoms with Gasteiger partial charge in [-0.15, -0.1) is 0 Å². The number of amides is 2. The Morgan fingerprint density at radius 3 is 2.34 bits per heavy atom. The SMILES string of the molecule is CC(C)(C)OC(=O)NC(C)(C)C(=O)NC(CCCc1ccccc1)c1ncnn1CCOC(=O)Oc1ccc([N+](=O)[O-])cc1. The van der Waals surface area contributed by atoms with E-state index in [9.17, 15) is 24.5 Å². The number of hydrogen-bond donors (Lipinski definition) is 2. The standard InChI is InChI=1S/C30H38N6O8/c1-29(2,3)44-27(38)34-30(4,5)26(37)33-24(13-9-12-21-10-7-6-8-11-21)25-31-20-32-35(25)18-19-42-28(39)43-23-16-14-22(15-17-23)36(40)41/h6-8,10-11,14-17,20,24H,9,12-13,18-19H2,1-5H3,(H,33,37)(H,34,38). The summed E-state index contributed by atoms with van der Waals surface area (Å²) < 4.78 is 17.0. The molecule has 1 atom stereocenters. The molecule has 2 N–H and O–H groups in total. The second-order valence-electron chi connectivity index (χ2n) is 11.4. The van der Waals surface area contributed by atoms with E-state index in [1.165, 1.54) is 35.3 Å². The first kappa shape index (κ1) is 33.5. The number of aryl methyl sites for hydroxylation is 1. The number of alkyl carbamates (subject to hydrolysis) is 1. The van der Waals surface area contributed by atoms with Gasteiger partial charge in [-0.2, -0.15) is 5.10 Å². The molecule has 1 unspecified atom stereocenters. The molecule has 44 heavy (non-hydrogen) atoms. The van der Waals surface area contributed by atoms with E-state index in [1.807, 2.05) is 30.3 Å². The van der Waals surface area contributed by atoms with Gasteiger partial charge in [0.25, 0.3) is 5.69 Å². The van der Waals surface area contributed by atoms with Gasteiger partial charge in [0.15, 0.2) is 0 Å². The van der Waals surface area contributed by atoms with Crippen LogP contribution >= 0.6 is 0 Å². The number of nitro benzene ring substituents is 1. The third-order valence-electron chi connectivity index (χ3n) is 6.22. The van der Waals surface area contributed by atoms with Crippen molar-refractivity contribution >= 4 is 23.8 Å². The summed E-state index contributed by atoms with van der Waals surface area (Å²) in [5, 5.41) is 20.6. The molecule has 0 saturated heterocycles. The number of carbonyl (C=O) groups is 3. The average Bonchev–Trinajstić information content (AvgIpc) is 3.40. The number of nitrogens with zero attached hydrogens (tertiary/aromatic N) is 4. The van der Waals surface area contributed by atoms with Crippen molar-refractivity contribution in [3.8, 4) is 5.75 Å². The monoisotopic (exact) mass is 610 g/mol. The number of ether oxygens (including phenoxy) is 3. The minimum Gasteiger partial charge on any atom is -0.444 e. The van der Waals surface area contributed by atoms with Crippen LogP contribution in [0.1, 0.15) is 64.9 Å². The van der Waals surface area contributed by atoms with Crippen LogP contribution < -0.4 is 15.4 Å². The topological polar surface area (TPSA) is 177 Å². The van der Waals surface area contributed by atoms with Gasteiger partial charge in [-0.25, -0.2) is 19.3 Å². The molecule has 1 heterocycles. The van der Waals surface area contributed by atoms with Gasteiger partial charge < -0.3 is 24.8 Å². The summed E-state index contributed by atoms with van der Waals surface area (Å²) in [4.78, 5) is 52.5. The van der Waals surface area contributed by atoms with Gasteiger partial charge >= 0.3 is 12.2 Å². The number of rotatable bonds is 13. The van der Waals surface area contributed by atoms with E-state index >= 15 is 0 Å². The lowest BCUT2D eigenvalue weighted by molar-refractivity contribution is -0.384. The van der Waals surface area contributed by atoms with E-state index in [0.29, 0.717) is 18.7 Å². The van der Waals surface area contributed by atoms with Crippen LogP contribution in [0.3, 0.4) is 0 Å². The number of nitrogens with one attached hydrogen (secondary N) is 2. The summed E-state index contributed by atoms with van der Waals surface area (Å²) in [6.45, 7) is 8.32. The van der Waals surface area contributed by atoms with Crippen molar-refractivity contribution < 1.29 is 33.5 Å². The van der Waals surface area contributed by atoms with Gasteiger partial charge in [0.05, 0.1) is 17.5 Å². The normalized spacial score (nSPS) is 12.1. The summed E-state index contributed by atoms with van der Waals surface area (Å²) in [7, 11) is 0. The molecule has 0 radical (unpaired) electrons. The minimum atomic E-state index is -1.31. The van der Waals surface area contributed by atoms with Crippen molar-refractivity contribution in [1.82, 2.24) is 25.4 Å². The van der Waals surface area contributed by atoms with Crippen LogP contribution in [0, 0.1) is 10.1 Å². The molecular formula is C30H38N6O8. The predicted octanol–water partition coefficient (Wildman–Crippen LogP) is 4.89. The Kier molecular flexibility index (Phi) is 11.4. The van der Waals surface area contributed by atoms with Crippen LogP contribution in [0.5, 0.6) is 5.75 Å². The lowest BCUT2D eigenvalue weighted by atomic mass is 10.0. The Morgan fingerprint density at radius 1 is 1.02 bits per heavy atom. The molecule has 1 aromatic heterocycles. The zero-order valence-electron chi connectivity index (χ0n) is 25.4. The number of nitro groups is 1. The molecule has 0 spiro atoms. The van der Waals surface area contributed by atoms with Crippen molar-refractivity contribution in [1.29, 1.82) is 0 Å². The van der Waals surface area contributed by atoms with E-state index in [2.05, 4.69) is 20.7 Å². The Bertz CT molecular complexity index is 1420. The smallest absolute Gasteiger partial charge is 0.444 e. The summed E-state index contributed by atoms with van der Waals surface area (Å²) in [5.41, 5.74) is -1.04. The van der Waals surface area contributed by atoms with Crippen molar-refractivity contribution in [3.05, 3.63) is 82.4 Å². The lowest BCUT2D eigenvalue weighted by Crippen LogP contribution is -2.56. The molecule has 236 valence electrons. The zero-order chi connectivity index (χ0) is 32.3. The van der Waals surface area contributed by atoms with E-state index in [-0.39, 0.29) is 24.6 Å². The van der Waals surface area contributed by atoms with Crippen molar-refractivity contribution in [2.45, 2.75) is 77.6 Å². The summed E-state index contributed by atoms with van der Waals surface area (Å²) in [6, 6.07) is 14.3. The second kappa shape index (κ2) is 14.9. The van der Waals surface area contributed by atoms with Crippen LogP contribution in [0.4, 0.5) is 15.3 Å². The number of aromatic nitrogens is 3. The van der Waals surface area contributed by atoms with Gasteiger partial charge in [0.2, 0.25) is 5.91 Å². The predicted molar refractivity (Wildman–Crippen MR) is 159 cm³/mol. The number of hydrogen-bond acceptors (Lipinski definition) is 10. The maximum atomic E-state index is 13.4. The zero-order valence-corrected chi connectivity index (χ0v) is 25.4. The summed E-state index contributed by atoms with van der Waals surface area (Å²) in [6.07, 6.45) is 1.59. The molecule has 0 aliphatic carbocycles. The highest BCUT2D eigenvalue weighted by molar-refractivity contribution is 5.89. The van der Waals surface area contributed by atoms with E-state index in [4.69, 9.17) is 14.2 Å². The second-order valence-corrected chi connectivity index (χ2v) is 11.4. The molecule has 0 bridgehead atoms. The van der Waals surface area contributed by atoms with E-state index in [1.54, 1.807) is 34.6 Å². The summed E-state index contributed by atoms with van der Waals surface area (Å²) >= 11 is 0. The summed E-state index contributed by atoms with van der Waals surface area (Å²) in [5.74, 6) is 0.0724. The molecule has 2 aromatic carbocycles. The molecule has 14 nitrogen and oxygen atoms in total. The van der Waals surface area contributed by atoms with Crippen LogP contribution in [0.15, 0.2) is 60.9 Å². The molecule has 0 aliphatic heterocycles. The number of non-ortho nitro benzene ring substituents is 1. The molecule has 0 saturated carbocycles. The molecule has 2 amide bonds. The fraction of sp³-hybridized carbons (Fsp3) is 0.433. The van der Waals surface area contributed by atoms with Crippen molar-refractivity contribution in [2.75, 3.05) is 6.61 Å². The van der Waals surface area contributed by atoms with Gasteiger partial charge in [-0.05, 0) is 71.6 Å². The molecule has 3 aromatic rings. The fourth-order valence-electron chi connectivity index (χ4n) is 4.07. The average molecular weight is 611 g/mol. The van der Waals surface area contributed by atoms with Crippen molar-refractivity contribution in [3.63, 3.8) is 0 Å². The maximum absolute atomic E-state index is 13.4. The first-order chi connectivity index (χ1) is 20.7. The Balaban J connectivity index is 1.66. The first-order valence-electron chi connectivity index (χ1n) is 14.1. The van der Waals surface area contributed by atoms with Gasteiger partial charge in [-0.3, -0.25) is 14.9 Å². The third kappa shape index (κ3) is 10.7. The van der Waals surface area contributed by atoms with Gasteiger partial charge in [0, 0.05) is 12.1 Å². The van der Waals surface area contributed by atoms with E-state index < -0.39 is 40.3 Å². The quantitative estimate of drug-likeness (QED) is 0.117. The third-order valence-corrected chi connectivity index (χ3v) is 6.22. The highest BCUT2D eigenvalue weighted by Crippen LogP contribution is 2.21. The minimum absolute atomic E-state index is 0.0887. The Labute approximate surface area is 255 Å². The fourth-order valence-corrected chi connectivity index (χ4v) is 4.07. The highest BCUT2D eigenvalue weighted by atomic mass is 16.7. The first-order valence-corrected chi connectivity index (χ1v) is 14.1. The highest BCUT2D eigenvalue weighted by Gasteiger charge is 2.34. The number of benzene rings is 2. The van der Waals surface area contributed by atoms with Crippen LogP contribution in [0.25, 0.3) is 0 Å². The van der Waals surface area contributed by atoms with Gasteiger partial charge in [-0.1, -0.05) is 30.3 Å².